The first-order chi connectivity index (χ1) is 17.3. The molecule has 1 aliphatic rings. The molecule has 3 nitrogen and oxygen atoms in total. The maximum absolute atomic E-state index is 14.4. The van der Waals surface area contributed by atoms with Crippen molar-refractivity contribution < 1.29 is 31.8 Å². The Hall–Kier alpha value is -3.01. The second kappa shape index (κ2) is 13.3. The van der Waals surface area contributed by atoms with Crippen LogP contribution < -0.4 is 9.47 Å². The van der Waals surface area contributed by atoms with Gasteiger partial charge in [0.25, 0.3) is 0 Å². The summed E-state index contributed by atoms with van der Waals surface area (Å²) in [7, 11) is 0. The second-order valence-corrected chi connectivity index (χ2v) is 9.22. The first-order valence-electron chi connectivity index (χ1n) is 12.7. The van der Waals surface area contributed by atoms with Crippen LogP contribution in [-0.4, -0.2) is 12.6 Å². The van der Waals surface area contributed by atoms with Crippen LogP contribution >= 0.6 is 0 Å². The molecule has 0 spiro atoms. The molecule has 0 atom stereocenters. The summed E-state index contributed by atoms with van der Waals surface area (Å²) in [5.74, 6) is -2.22. The lowest BCUT2D eigenvalue weighted by molar-refractivity contribution is -0.140. The minimum absolute atomic E-state index is 0.0529. The number of unbranched alkanes of at least 4 members (excludes halogenated alkanes) is 2. The molecule has 194 valence electrons. The van der Waals surface area contributed by atoms with Crippen molar-refractivity contribution in [2.45, 2.75) is 71.6 Å². The monoisotopic (exact) mass is 504 g/mol. The summed E-state index contributed by atoms with van der Waals surface area (Å²) in [5.41, 5.74) is -0.686. The predicted octanol–water partition coefficient (Wildman–Crippen LogP) is 7.72. The molecule has 2 aromatic rings. The van der Waals surface area contributed by atoms with Crippen LogP contribution in [0.4, 0.5) is 17.6 Å². The minimum atomic E-state index is -1.61. The Kier molecular flexibility index (Phi) is 10.2. The van der Waals surface area contributed by atoms with Crippen molar-refractivity contribution >= 4 is 5.97 Å². The maximum atomic E-state index is 14.4. The van der Waals surface area contributed by atoms with E-state index in [-0.39, 0.29) is 18.5 Å². The number of benzene rings is 2. The average molecular weight is 505 g/mol. The normalized spacial score (nSPS) is 17.3. The largest absolute Gasteiger partial charge is 0.487 e. The number of ether oxygens (including phenoxy) is 2. The number of esters is 1. The van der Waals surface area contributed by atoms with Gasteiger partial charge in [0.1, 0.15) is 11.3 Å². The van der Waals surface area contributed by atoms with Gasteiger partial charge in [-0.05, 0) is 62.3 Å². The Labute approximate surface area is 210 Å². The van der Waals surface area contributed by atoms with E-state index in [4.69, 9.17) is 9.47 Å². The summed E-state index contributed by atoms with van der Waals surface area (Å²) in [4.78, 5) is 12.5. The minimum Gasteiger partial charge on any atom is -0.487 e. The van der Waals surface area contributed by atoms with Gasteiger partial charge in [0, 0.05) is 5.56 Å². The van der Waals surface area contributed by atoms with Gasteiger partial charge >= 0.3 is 5.97 Å². The third-order valence-electron chi connectivity index (χ3n) is 6.50. The lowest BCUT2D eigenvalue weighted by atomic mass is 9.80. The topological polar surface area (TPSA) is 35.5 Å². The molecule has 0 saturated heterocycles. The fourth-order valence-electron chi connectivity index (χ4n) is 4.41. The van der Waals surface area contributed by atoms with E-state index in [9.17, 15) is 22.4 Å². The first kappa shape index (κ1) is 27.6. The smallest absolute Gasteiger partial charge is 0.314 e. The molecule has 2 aromatic carbocycles. The van der Waals surface area contributed by atoms with E-state index in [1.807, 2.05) is 6.92 Å². The maximum Gasteiger partial charge on any atom is 0.314 e. The molecule has 0 radical (unpaired) electrons. The van der Waals surface area contributed by atoms with Crippen LogP contribution in [0.5, 0.6) is 11.5 Å². The van der Waals surface area contributed by atoms with Gasteiger partial charge in [0.2, 0.25) is 11.6 Å². The van der Waals surface area contributed by atoms with E-state index in [1.54, 1.807) is 0 Å². The third kappa shape index (κ3) is 7.02. The van der Waals surface area contributed by atoms with Crippen molar-refractivity contribution in [2.24, 2.45) is 11.8 Å². The van der Waals surface area contributed by atoms with E-state index in [0.29, 0.717) is 23.7 Å². The van der Waals surface area contributed by atoms with Crippen molar-refractivity contribution in [1.29, 1.82) is 0 Å². The van der Waals surface area contributed by atoms with E-state index in [0.717, 1.165) is 44.9 Å². The lowest BCUT2D eigenvalue weighted by Crippen LogP contribution is -2.25. The molecular formula is C29H32F4O3. The van der Waals surface area contributed by atoms with Crippen LogP contribution in [-0.2, 0) is 4.79 Å². The quantitative estimate of drug-likeness (QED) is 0.0876. The Morgan fingerprint density at radius 2 is 1.50 bits per heavy atom. The van der Waals surface area contributed by atoms with Gasteiger partial charge in [-0.3, -0.25) is 4.79 Å². The van der Waals surface area contributed by atoms with Gasteiger partial charge < -0.3 is 9.47 Å². The molecule has 0 aromatic heterocycles. The molecule has 0 aliphatic heterocycles. The van der Waals surface area contributed by atoms with Crippen LogP contribution in [0.2, 0.25) is 0 Å². The zero-order valence-corrected chi connectivity index (χ0v) is 20.8. The van der Waals surface area contributed by atoms with Crippen LogP contribution in [0.25, 0.3) is 0 Å². The van der Waals surface area contributed by atoms with Crippen molar-refractivity contribution in [2.75, 3.05) is 6.61 Å². The highest BCUT2D eigenvalue weighted by atomic mass is 19.2. The van der Waals surface area contributed by atoms with Crippen LogP contribution in [0.3, 0.4) is 0 Å². The number of hydrogen-bond acceptors (Lipinski definition) is 3. The third-order valence-corrected chi connectivity index (χ3v) is 6.50. The lowest BCUT2D eigenvalue weighted by Gasteiger charge is -2.26. The number of carbonyl (C=O) groups excluding carboxylic acids is 1. The molecule has 1 aliphatic carbocycles. The molecule has 0 N–H and O–H groups in total. The fraction of sp³-hybridized carbons (Fsp3) is 0.483. The summed E-state index contributed by atoms with van der Waals surface area (Å²) in [6, 6.07) is 6.04. The molecule has 36 heavy (non-hydrogen) atoms. The summed E-state index contributed by atoms with van der Waals surface area (Å²) in [5, 5.41) is 0. The van der Waals surface area contributed by atoms with Gasteiger partial charge in [0.05, 0.1) is 12.5 Å². The molecule has 0 unspecified atom stereocenters. The van der Waals surface area contributed by atoms with Gasteiger partial charge in [0.15, 0.2) is 17.4 Å². The molecule has 0 heterocycles. The van der Waals surface area contributed by atoms with Crippen molar-refractivity contribution in [1.82, 2.24) is 0 Å². The van der Waals surface area contributed by atoms with E-state index in [1.165, 1.54) is 30.7 Å². The van der Waals surface area contributed by atoms with Crippen LogP contribution in [0.15, 0.2) is 24.3 Å². The van der Waals surface area contributed by atoms with Crippen LogP contribution in [0, 0.1) is 46.9 Å². The van der Waals surface area contributed by atoms with E-state index in [2.05, 4.69) is 18.8 Å². The summed E-state index contributed by atoms with van der Waals surface area (Å²) in [6.45, 7) is 4.05. The highest BCUT2D eigenvalue weighted by Crippen LogP contribution is 2.33. The molecule has 7 heteroatoms. The Morgan fingerprint density at radius 3 is 2.08 bits per heavy atom. The Balaban J connectivity index is 1.65. The molecule has 0 amide bonds. The van der Waals surface area contributed by atoms with Crippen molar-refractivity contribution in [3.8, 4) is 23.3 Å². The number of rotatable bonds is 9. The average Bonchev–Trinajstić information content (AvgIpc) is 2.88. The first-order valence-corrected chi connectivity index (χ1v) is 12.7. The molecule has 1 fully saturated rings. The summed E-state index contributed by atoms with van der Waals surface area (Å²) < 4.78 is 67.8. The highest BCUT2D eigenvalue weighted by Gasteiger charge is 2.28. The molecule has 0 bridgehead atoms. The molecule has 3 rings (SSSR count). The zero-order valence-electron chi connectivity index (χ0n) is 20.8. The number of carbonyl (C=O) groups is 1. The molecule has 1 saturated carbocycles. The summed E-state index contributed by atoms with van der Waals surface area (Å²) in [6.07, 6.45) is 8.16. The van der Waals surface area contributed by atoms with E-state index >= 15 is 0 Å². The standard InChI is InChI=1S/C29H32F4O3/c1-3-5-6-18-35-28-26(32)24(30)23(25(31)27(28)33)17-12-20-10-15-22(16-11-20)36-29(34)21-13-8-19(7-4-2)9-14-21/h10-11,15-16,19,21H,3-9,13-14,18H2,1-2H3. The Morgan fingerprint density at radius 1 is 0.861 bits per heavy atom. The van der Waals surface area contributed by atoms with Gasteiger partial charge in [-0.15, -0.1) is 0 Å². The van der Waals surface area contributed by atoms with E-state index < -0.39 is 34.6 Å². The van der Waals surface area contributed by atoms with Gasteiger partial charge in [-0.25, -0.2) is 8.78 Å². The molecular weight excluding hydrogens is 472 g/mol. The van der Waals surface area contributed by atoms with Gasteiger partial charge in [-0.2, -0.15) is 8.78 Å². The fourth-order valence-corrected chi connectivity index (χ4v) is 4.41. The predicted molar refractivity (Wildman–Crippen MR) is 130 cm³/mol. The number of hydrogen-bond donors (Lipinski definition) is 0. The SMILES string of the molecule is CCCCCOc1c(F)c(F)c(C#Cc2ccc(OC(=O)C3CCC(CCC)CC3)cc2)c(F)c1F. The van der Waals surface area contributed by atoms with Gasteiger partial charge in [-0.1, -0.05) is 51.4 Å². The summed E-state index contributed by atoms with van der Waals surface area (Å²) >= 11 is 0. The van der Waals surface area contributed by atoms with Crippen molar-refractivity contribution in [3.05, 3.63) is 58.7 Å². The highest BCUT2D eigenvalue weighted by molar-refractivity contribution is 5.75. The van der Waals surface area contributed by atoms with Crippen LogP contribution in [0.1, 0.15) is 82.8 Å². The Bertz CT molecular complexity index is 1070. The zero-order chi connectivity index (χ0) is 26.1. The second-order valence-electron chi connectivity index (χ2n) is 9.22. The van der Waals surface area contributed by atoms with Crippen molar-refractivity contribution in [3.63, 3.8) is 0 Å². The number of halogens is 4.